The molecule has 1 saturated heterocycles. The summed E-state index contributed by atoms with van der Waals surface area (Å²) in [6, 6.07) is 3.86. The Hall–Kier alpha value is -1.69. The molecule has 0 radical (unpaired) electrons. The van der Waals surface area contributed by atoms with E-state index in [1.165, 1.54) is 0 Å². The van der Waals surface area contributed by atoms with E-state index >= 15 is 0 Å². The number of hydrogen-bond donors (Lipinski definition) is 1. The van der Waals surface area contributed by atoms with Crippen LogP contribution in [0, 0.1) is 0 Å². The molecule has 1 unspecified atom stereocenters. The quantitative estimate of drug-likeness (QED) is 0.926. The maximum atomic E-state index is 12.4. The summed E-state index contributed by atoms with van der Waals surface area (Å²) in [6.07, 6.45) is 4.29. The van der Waals surface area contributed by atoms with Gasteiger partial charge < -0.3 is 10.2 Å². The summed E-state index contributed by atoms with van der Waals surface area (Å²) in [6.45, 7) is 4.89. The zero-order valence-electron chi connectivity index (χ0n) is 12.0. The van der Waals surface area contributed by atoms with Gasteiger partial charge in [0.15, 0.2) is 0 Å². The lowest BCUT2D eigenvalue weighted by Crippen LogP contribution is -2.37. The molecule has 21 heavy (non-hydrogen) atoms. The number of pyridine rings is 2. The Kier molecular flexibility index (Phi) is 3.80. The zero-order valence-corrected chi connectivity index (χ0v) is 13.6. The summed E-state index contributed by atoms with van der Waals surface area (Å²) in [5.41, 5.74) is 2.45. The lowest BCUT2D eigenvalue weighted by molar-refractivity contribution is -0.129. The number of hydrogen-bond acceptors (Lipinski definition) is 4. The van der Waals surface area contributed by atoms with Gasteiger partial charge in [-0.1, -0.05) is 0 Å². The van der Waals surface area contributed by atoms with Crippen molar-refractivity contribution in [2.45, 2.75) is 32.4 Å². The molecule has 1 fully saturated rings. The Balaban J connectivity index is 1.88. The van der Waals surface area contributed by atoms with Crippen LogP contribution in [0.1, 0.15) is 20.3 Å². The molecule has 0 aromatic carbocycles. The first kappa shape index (κ1) is 14.3. The van der Waals surface area contributed by atoms with Crippen LogP contribution in [-0.2, 0) is 4.79 Å². The van der Waals surface area contributed by atoms with Crippen LogP contribution in [0.5, 0.6) is 0 Å². The normalized spacial score (nSPS) is 18.8. The number of carbonyl (C=O) groups is 1. The third-order valence-electron chi connectivity index (χ3n) is 3.74. The van der Waals surface area contributed by atoms with E-state index in [9.17, 15) is 4.79 Å². The first-order valence-electron chi connectivity index (χ1n) is 7.03. The number of carbonyl (C=O) groups excluding carboxylic acids is 1. The van der Waals surface area contributed by atoms with E-state index < -0.39 is 0 Å². The van der Waals surface area contributed by atoms with Gasteiger partial charge >= 0.3 is 0 Å². The smallest absolute Gasteiger partial charge is 0.245 e. The van der Waals surface area contributed by atoms with Crippen LogP contribution in [0.2, 0.25) is 0 Å². The second-order valence-electron chi connectivity index (χ2n) is 5.49. The summed E-state index contributed by atoms with van der Waals surface area (Å²) in [5.74, 6) is 0.159. The number of anilines is 1. The lowest BCUT2D eigenvalue weighted by Gasteiger charge is -2.21. The Morgan fingerprint density at radius 1 is 1.43 bits per heavy atom. The maximum Gasteiger partial charge on any atom is 0.245 e. The molecule has 1 amide bonds. The molecule has 0 spiro atoms. The minimum Gasteiger partial charge on any atom is -0.372 e. The molecule has 1 N–H and O–H groups in total. The topological polar surface area (TPSA) is 58.1 Å². The average Bonchev–Trinajstić information content (AvgIpc) is 2.80. The molecule has 5 nitrogen and oxygen atoms in total. The van der Waals surface area contributed by atoms with E-state index in [1.807, 2.05) is 30.9 Å². The van der Waals surface area contributed by atoms with Crippen molar-refractivity contribution in [3.8, 4) is 0 Å². The summed E-state index contributed by atoms with van der Waals surface area (Å²) in [5, 5.41) is 3.33. The molecule has 3 heterocycles. The van der Waals surface area contributed by atoms with Crippen molar-refractivity contribution in [3.63, 3.8) is 0 Å². The van der Waals surface area contributed by atoms with Gasteiger partial charge in [-0.15, -0.1) is 0 Å². The van der Waals surface area contributed by atoms with Crippen molar-refractivity contribution in [1.29, 1.82) is 0 Å². The molecular formula is C15H17BrN4O. The summed E-state index contributed by atoms with van der Waals surface area (Å²) in [7, 11) is 0. The third-order valence-corrected chi connectivity index (χ3v) is 4.17. The monoisotopic (exact) mass is 348 g/mol. The number of nitrogens with one attached hydrogen (secondary N) is 1. The highest BCUT2D eigenvalue weighted by Gasteiger charge is 2.33. The van der Waals surface area contributed by atoms with Gasteiger partial charge in [0, 0.05) is 29.5 Å². The highest BCUT2D eigenvalue weighted by Crippen LogP contribution is 2.25. The second kappa shape index (κ2) is 5.60. The molecule has 0 aliphatic carbocycles. The second-order valence-corrected chi connectivity index (χ2v) is 6.41. The van der Waals surface area contributed by atoms with E-state index in [0.29, 0.717) is 0 Å². The van der Waals surface area contributed by atoms with Gasteiger partial charge in [-0.2, -0.15) is 0 Å². The summed E-state index contributed by atoms with van der Waals surface area (Å²) >= 11 is 3.39. The lowest BCUT2D eigenvalue weighted by atomic mass is 10.2. The molecule has 2 aromatic heterocycles. The van der Waals surface area contributed by atoms with Crippen molar-refractivity contribution in [2.24, 2.45) is 0 Å². The van der Waals surface area contributed by atoms with Gasteiger partial charge in [0.2, 0.25) is 5.91 Å². The predicted molar refractivity (Wildman–Crippen MR) is 86.1 cm³/mol. The highest BCUT2D eigenvalue weighted by molar-refractivity contribution is 9.10. The van der Waals surface area contributed by atoms with E-state index in [1.54, 1.807) is 12.4 Å². The van der Waals surface area contributed by atoms with Crippen LogP contribution in [0.4, 0.5) is 5.69 Å². The number of fused-ring (bicyclic) bond motifs is 1. The minimum atomic E-state index is -0.177. The molecule has 1 aliphatic heterocycles. The summed E-state index contributed by atoms with van der Waals surface area (Å²) in [4.78, 5) is 23.0. The number of aromatic nitrogens is 2. The molecular weight excluding hydrogens is 332 g/mol. The van der Waals surface area contributed by atoms with E-state index in [2.05, 4.69) is 31.2 Å². The van der Waals surface area contributed by atoms with E-state index in [4.69, 9.17) is 0 Å². The van der Waals surface area contributed by atoms with Crippen molar-refractivity contribution >= 4 is 38.6 Å². The molecule has 3 rings (SSSR count). The number of halogens is 1. The SMILES string of the molecule is CC(C)N1CCC(Nc2ccnc3cc(Br)cnc23)C1=O. The van der Waals surface area contributed by atoms with Gasteiger partial charge in [0.25, 0.3) is 0 Å². The van der Waals surface area contributed by atoms with Gasteiger partial charge in [0.1, 0.15) is 11.6 Å². The van der Waals surface area contributed by atoms with Crippen LogP contribution in [-0.4, -0.2) is 39.4 Å². The Morgan fingerprint density at radius 2 is 2.24 bits per heavy atom. The number of amides is 1. The first-order chi connectivity index (χ1) is 10.1. The molecule has 110 valence electrons. The van der Waals surface area contributed by atoms with Crippen LogP contribution in [0.15, 0.2) is 29.0 Å². The highest BCUT2D eigenvalue weighted by atomic mass is 79.9. The fourth-order valence-electron chi connectivity index (χ4n) is 2.66. The van der Waals surface area contributed by atoms with Crippen molar-refractivity contribution in [2.75, 3.05) is 11.9 Å². The Bertz CT molecular complexity index is 688. The number of nitrogens with zero attached hydrogens (tertiary/aromatic N) is 3. The molecule has 6 heteroatoms. The van der Waals surface area contributed by atoms with Crippen molar-refractivity contribution in [3.05, 3.63) is 29.0 Å². The average molecular weight is 349 g/mol. The largest absolute Gasteiger partial charge is 0.372 e. The minimum absolute atomic E-state index is 0.159. The van der Waals surface area contributed by atoms with E-state index in [-0.39, 0.29) is 18.0 Å². The molecule has 1 aliphatic rings. The number of rotatable bonds is 3. The Labute approximate surface area is 131 Å². The van der Waals surface area contributed by atoms with E-state index in [0.717, 1.165) is 34.2 Å². The van der Waals surface area contributed by atoms with Gasteiger partial charge in [0.05, 0.1) is 11.2 Å². The van der Waals surface area contributed by atoms with Crippen LogP contribution < -0.4 is 5.32 Å². The Morgan fingerprint density at radius 3 is 2.95 bits per heavy atom. The van der Waals surface area contributed by atoms with Gasteiger partial charge in [-0.3, -0.25) is 14.8 Å². The molecule has 2 aromatic rings. The summed E-state index contributed by atoms with van der Waals surface area (Å²) < 4.78 is 0.891. The fraction of sp³-hybridized carbons (Fsp3) is 0.400. The third kappa shape index (κ3) is 2.72. The number of likely N-dealkylation sites (tertiary alicyclic amines) is 1. The van der Waals surface area contributed by atoms with Crippen LogP contribution in [0.25, 0.3) is 11.0 Å². The zero-order chi connectivity index (χ0) is 15.0. The maximum absolute atomic E-state index is 12.4. The predicted octanol–water partition coefficient (Wildman–Crippen LogP) is 2.81. The van der Waals surface area contributed by atoms with Crippen LogP contribution >= 0.6 is 15.9 Å². The molecule has 0 bridgehead atoms. The first-order valence-corrected chi connectivity index (χ1v) is 7.83. The fourth-order valence-corrected chi connectivity index (χ4v) is 2.98. The molecule has 1 atom stereocenters. The van der Waals surface area contributed by atoms with Crippen LogP contribution in [0.3, 0.4) is 0 Å². The van der Waals surface area contributed by atoms with Gasteiger partial charge in [-0.25, -0.2) is 0 Å². The standard InChI is InChI=1S/C15H17BrN4O/c1-9(2)20-6-4-12(15(20)21)19-11-3-5-17-13-7-10(16)8-18-14(11)13/h3,5,7-9,12H,4,6H2,1-2H3,(H,17,19). The van der Waals surface area contributed by atoms with Gasteiger partial charge in [-0.05, 0) is 48.3 Å². The molecule has 0 saturated carbocycles. The van der Waals surface area contributed by atoms with Crippen molar-refractivity contribution < 1.29 is 4.79 Å². The van der Waals surface area contributed by atoms with Crippen molar-refractivity contribution in [1.82, 2.24) is 14.9 Å².